The molecule has 1 N–H and O–H groups in total. The second-order valence-electron chi connectivity index (χ2n) is 6.73. The highest BCUT2D eigenvalue weighted by Crippen LogP contribution is 2.43. The lowest BCUT2D eigenvalue weighted by atomic mass is 9.94. The van der Waals surface area contributed by atoms with Crippen molar-refractivity contribution in [3.63, 3.8) is 0 Å². The lowest BCUT2D eigenvalue weighted by molar-refractivity contribution is -0.117. The Labute approximate surface area is 176 Å². The average molecular weight is 426 g/mol. The average Bonchev–Trinajstić information content (AvgIpc) is 3.41. The number of rotatable bonds is 5. The van der Waals surface area contributed by atoms with E-state index in [4.69, 9.17) is 0 Å². The summed E-state index contributed by atoms with van der Waals surface area (Å²) in [6.45, 7) is 5.64. The molecule has 4 rings (SSSR count). The number of thiazole rings is 2. The minimum atomic E-state index is -0.742. The third-order valence-electron chi connectivity index (χ3n) is 4.89. The molecule has 3 aromatic rings. The van der Waals surface area contributed by atoms with Gasteiger partial charge in [0, 0.05) is 11.6 Å². The molecule has 3 heterocycles. The maximum Gasteiger partial charge on any atom is 0.296 e. The fourth-order valence-electron chi connectivity index (χ4n) is 3.48. The molecule has 1 unspecified atom stereocenters. The first kappa shape index (κ1) is 19.5. The predicted molar refractivity (Wildman–Crippen MR) is 114 cm³/mol. The molecule has 1 amide bonds. The standard InChI is InChI=1S/C21H19N3O3S2/c1-4-13-5-7-14(8-6-13)16-15(17(25)19-11(2)23-12(3)29-19)18(26)20(27)24(16)21-22-9-10-28-21/h5-10,16,26H,4H2,1-3H3. The number of benzene rings is 1. The lowest BCUT2D eigenvalue weighted by Gasteiger charge is -2.24. The molecule has 0 radical (unpaired) electrons. The zero-order valence-electron chi connectivity index (χ0n) is 16.2. The van der Waals surface area contributed by atoms with Crippen molar-refractivity contribution in [2.75, 3.05) is 4.90 Å². The number of aliphatic hydroxyl groups excluding tert-OH is 1. The van der Waals surface area contributed by atoms with E-state index in [-0.39, 0.29) is 11.4 Å². The van der Waals surface area contributed by atoms with Crippen LogP contribution in [0.1, 0.15) is 44.5 Å². The van der Waals surface area contributed by atoms with Crippen molar-refractivity contribution in [2.45, 2.75) is 33.2 Å². The Morgan fingerprint density at radius 3 is 2.52 bits per heavy atom. The van der Waals surface area contributed by atoms with Crippen LogP contribution in [0.3, 0.4) is 0 Å². The van der Waals surface area contributed by atoms with Crippen molar-refractivity contribution >= 4 is 39.5 Å². The van der Waals surface area contributed by atoms with Gasteiger partial charge >= 0.3 is 0 Å². The molecule has 148 valence electrons. The highest BCUT2D eigenvalue weighted by atomic mass is 32.1. The zero-order chi connectivity index (χ0) is 20.7. The largest absolute Gasteiger partial charge is 0.503 e. The third kappa shape index (κ3) is 3.28. The van der Waals surface area contributed by atoms with Crippen LogP contribution in [-0.2, 0) is 11.2 Å². The summed E-state index contributed by atoms with van der Waals surface area (Å²) in [5, 5.41) is 13.7. The SMILES string of the molecule is CCc1ccc(C2C(C(=O)c3sc(C)nc3C)=C(O)C(=O)N2c2nccs2)cc1. The second kappa shape index (κ2) is 7.53. The van der Waals surface area contributed by atoms with Gasteiger partial charge in [-0.3, -0.25) is 14.5 Å². The van der Waals surface area contributed by atoms with Gasteiger partial charge in [0.2, 0.25) is 5.78 Å². The molecule has 1 aliphatic heterocycles. The maximum atomic E-state index is 13.4. The molecule has 1 aliphatic rings. The first-order valence-electron chi connectivity index (χ1n) is 9.16. The van der Waals surface area contributed by atoms with Crippen molar-refractivity contribution in [2.24, 2.45) is 0 Å². The summed E-state index contributed by atoms with van der Waals surface area (Å²) in [5.41, 5.74) is 2.56. The highest BCUT2D eigenvalue weighted by Gasteiger charge is 2.46. The number of anilines is 1. The molecule has 0 bridgehead atoms. The normalized spacial score (nSPS) is 16.7. The first-order valence-corrected chi connectivity index (χ1v) is 10.9. The van der Waals surface area contributed by atoms with Crippen molar-refractivity contribution in [1.29, 1.82) is 0 Å². The van der Waals surface area contributed by atoms with E-state index in [1.807, 2.05) is 31.2 Å². The van der Waals surface area contributed by atoms with Crippen molar-refractivity contribution < 1.29 is 14.7 Å². The summed E-state index contributed by atoms with van der Waals surface area (Å²) < 4.78 is 0. The van der Waals surface area contributed by atoms with Crippen LogP contribution in [0, 0.1) is 13.8 Å². The van der Waals surface area contributed by atoms with Gasteiger partial charge < -0.3 is 5.11 Å². The van der Waals surface area contributed by atoms with Gasteiger partial charge in [0.05, 0.1) is 27.2 Å². The fraction of sp³-hybridized carbons (Fsp3) is 0.238. The summed E-state index contributed by atoms with van der Waals surface area (Å²) in [6.07, 6.45) is 2.48. The number of aromatic nitrogens is 2. The number of aryl methyl sites for hydroxylation is 3. The Hall–Kier alpha value is -2.84. The molecular weight excluding hydrogens is 406 g/mol. The Bertz CT molecular complexity index is 1110. The molecule has 8 heteroatoms. The number of ketones is 1. The first-order chi connectivity index (χ1) is 13.9. The molecular formula is C21H19N3O3S2. The van der Waals surface area contributed by atoms with Gasteiger partial charge in [0.25, 0.3) is 5.91 Å². The van der Waals surface area contributed by atoms with Gasteiger partial charge in [-0.15, -0.1) is 22.7 Å². The van der Waals surface area contributed by atoms with Crippen LogP contribution in [0.25, 0.3) is 0 Å². The topological polar surface area (TPSA) is 83.4 Å². The van der Waals surface area contributed by atoms with Gasteiger partial charge in [-0.25, -0.2) is 9.97 Å². The number of hydrogen-bond acceptors (Lipinski definition) is 7. The molecule has 0 fully saturated rings. The minimum absolute atomic E-state index is 0.0706. The second-order valence-corrected chi connectivity index (χ2v) is 8.80. The van der Waals surface area contributed by atoms with Crippen molar-refractivity contribution in [3.05, 3.63) is 73.9 Å². The van der Waals surface area contributed by atoms with Gasteiger partial charge in [-0.05, 0) is 31.4 Å². The van der Waals surface area contributed by atoms with E-state index in [9.17, 15) is 14.7 Å². The molecule has 0 saturated carbocycles. The van der Waals surface area contributed by atoms with Crippen LogP contribution in [-0.4, -0.2) is 26.8 Å². The predicted octanol–water partition coefficient (Wildman–Crippen LogP) is 4.56. The zero-order valence-corrected chi connectivity index (χ0v) is 17.8. The van der Waals surface area contributed by atoms with E-state index in [2.05, 4.69) is 16.9 Å². The smallest absolute Gasteiger partial charge is 0.296 e. The van der Waals surface area contributed by atoms with E-state index in [1.165, 1.54) is 27.6 Å². The maximum absolute atomic E-state index is 13.4. The number of Topliss-reactive ketones (excluding diaryl/α,β-unsaturated/α-hetero) is 1. The van der Waals surface area contributed by atoms with Crippen LogP contribution in [0.4, 0.5) is 5.13 Å². The number of carbonyl (C=O) groups is 2. The summed E-state index contributed by atoms with van der Waals surface area (Å²) in [5.74, 6) is -1.52. The lowest BCUT2D eigenvalue weighted by Crippen LogP contribution is -2.30. The third-order valence-corrected chi connectivity index (χ3v) is 6.73. The molecule has 0 saturated heterocycles. The van der Waals surface area contributed by atoms with Gasteiger partial charge in [0.1, 0.15) is 0 Å². The van der Waals surface area contributed by atoms with E-state index in [0.29, 0.717) is 15.7 Å². The summed E-state index contributed by atoms with van der Waals surface area (Å²) >= 11 is 2.55. The van der Waals surface area contributed by atoms with E-state index in [0.717, 1.165) is 22.6 Å². The molecule has 1 atom stereocenters. The Balaban J connectivity index is 1.87. The van der Waals surface area contributed by atoms with Crippen molar-refractivity contribution in [3.8, 4) is 0 Å². The highest BCUT2D eigenvalue weighted by molar-refractivity contribution is 7.14. The molecule has 0 aliphatic carbocycles. The van der Waals surface area contributed by atoms with Crippen LogP contribution in [0.5, 0.6) is 0 Å². The number of hydrogen-bond donors (Lipinski definition) is 1. The molecule has 2 aromatic heterocycles. The molecule has 29 heavy (non-hydrogen) atoms. The number of aliphatic hydroxyl groups is 1. The van der Waals surface area contributed by atoms with Crippen LogP contribution in [0.15, 0.2) is 47.2 Å². The number of amides is 1. The Morgan fingerprint density at radius 2 is 1.97 bits per heavy atom. The Kier molecular flexibility index (Phi) is 5.06. The molecule has 0 spiro atoms. The van der Waals surface area contributed by atoms with E-state index in [1.54, 1.807) is 18.5 Å². The molecule has 6 nitrogen and oxygen atoms in total. The summed E-state index contributed by atoms with van der Waals surface area (Å²) in [6, 6.07) is 7.00. The fourth-order valence-corrected chi connectivity index (χ4v) is 5.03. The number of nitrogens with zero attached hydrogens (tertiary/aromatic N) is 3. The Morgan fingerprint density at radius 1 is 1.24 bits per heavy atom. The van der Waals surface area contributed by atoms with Crippen molar-refractivity contribution in [1.82, 2.24) is 9.97 Å². The van der Waals surface area contributed by atoms with Crippen LogP contribution in [0.2, 0.25) is 0 Å². The monoisotopic (exact) mass is 425 g/mol. The molecule has 1 aromatic carbocycles. The van der Waals surface area contributed by atoms with Gasteiger partial charge in [0.15, 0.2) is 10.9 Å². The van der Waals surface area contributed by atoms with Gasteiger partial charge in [-0.1, -0.05) is 31.2 Å². The minimum Gasteiger partial charge on any atom is -0.503 e. The number of carbonyl (C=O) groups excluding carboxylic acids is 2. The summed E-state index contributed by atoms with van der Waals surface area (Å²) in [7, 11) is 0. The van der Waals surface area contributed by atoms with Gasteiger partial charge in [-0.2, -0.15) is 0 Å². The summed E-state index contributed by atoms with van der Waals surface area (Å²) in [4.78, 5) is 36.8. The van der Waals surface area contributed by atoms with E-state index < -0.39 is 17.7 Å². The van der Waals surface area contributed by atoms with Crippen LogP contribution < -0.4 is 4.90 Å². The van der Waals surface area contributed by atoms with Crippen LogP contribution >= 0.6 is 22.7 Å². The quantitative estimate of drug-likeness (QED) is 0.606. The van der Waals surface area contributed by atoms with E-state index >= 15 is 0 Å².